The molecule has 0 radical (unpaired) electrons. The molecule has 1 aromatic rings. The third kappa shape index (κ3) is 7.56. The van der Waals surface area contributed by atoms with Crippen molar-refractivity contribution in [3.63, 3.8) is 0 Å². The second-order valence-electron chi connectivity index (χ2n) is 5.11. The van der Waals surface area contributed by atoms with Crippen molar-refractivity contribution in [1.82, 2.24) is 10.7 Å². The van der Waals surface area contributed by atoms with E-state index in [1.807, 2.05) is 19.9 Å². The number of rotatable bonds is 8. The molecule has 0 aromatic heterocycles. The molecule has 0 spiro atoms. The third-order valence-electron chi connectivity index (χ3n) is 2.83. The Bertz CT molecular complexity index is 591. The van der Waals surface area contributed by atoms with Gasteiger partial charge in [-0.25, -0.2) is 5.43 Å². The number of carbonyl (C=O) groups excluding carboxylic acids is 2. The maximum Gasteiger partial charge on any atom is 0.329 e. The predicted octanol–water partition coefficient (Wildman–Crippen LogP) is 1.84. The highest BCUT2D eigenvalue weighted by Crippen LogP contribution is 2.21. The van der Waals surface area contributed by atoms with Gasteiger partial charge in [0, 0.05) is 23.2 Å². The largest absolute Gasteiger partial charge is 0.496 e. The van der Waals surface area contributed by atoms with Crippen molar-refractivity contribution in [3.8, 4) is 5.75 Å². The van der Waals surface area contributed by atoms with Gasteiger partial charge in [-0.1, -0.05) is 15.9 Å². The maximum atomic E-state index is 11.6. The van der Waals surface area contributed by atoms with E-state index in [0.717, 1.165) is 4.47 Å². The predicted molar refractivity (Wildman–Crippen MR) is 95.1 cm³/mol. The van der Waals surface area contributed by atoms with Crippen LogP contribution in [0, 0.1) is 0 Å². The quantitative estimate of drug-likeness (QED) is 0.302. The van der Waals surface area contributed by atoms with Crippen LogP contribution in [0.15, 0.2) is 27.8 Å². The molecular formula is C16H22BrN3O4. The van der Waals surface area contributed by atoms with Crippen molar-refractivity contribution >= 4 is 34.0 Å². The summed E-state index contributed by atoms with van der Waals surface area (Å²) < 4.78 is 11.4. The van der Waals surface area contributed by atoms with E-state index in [4.69, 9.17) is 9.47 Å². The van der Waals surface area contributed by atoms with Crippen molar-refractivity contribution < 1.29 is 19.1 Å². The van der Waals surface area contributed by atoms with Gasteiger partial charge >= 0.3 is 11.8 Å². The molecule has 0 fully saturated rings. The van der Waals surface area contributed by atoms with Gasteiger partial charge in [-0.2, -0.15) is 5.10 Å². The number of hydrogen-bond acceptors (Lipinski definition) is 5. The van der Waals surface area contributed by atoms with Gasteiger partial charge in [0.2, 0.25) is 0 Å². The van der Waals surface area contributed by atoms with Gasteiger partial charge in [0.05, 0.1) is 19.4 Å². The molecule has 0 atom stereocenters. The second-order valence-corrected chi connectivity index (χ2v) is 6.03. The SMILES string of the molecule is COc1ccc(Br)cc1/C=N\NC(=O)C(=O)NCCCOC(C)C. The van der Waals surface area contributed by atoms with Crippen LogP contribution in [0.4, 0.5) is 0 Å². The van der Waals surface area contributed by atoms with Crippen molar-refractivity contribution in [3.05, 3.63) is 28.2 Å². The highest BCUT2D eigenvalue weighted by atomic mass is 79.9. The van der Waals surface area contributed by atoms with E-state index >= 15 is 0 Å². The summed E-state index contributed by atoms with van der Waals surface area (Å²) in [5.74, 6) is -0.964. The summed E-state index contributed by atoms with van der Waals surface area (Å²) in [6.45, 7) is 4.76. The number of methoxy groups -OCH3 is 1. The van der Waals surface area contributed by atoms with E-state index in [-0.39, 0.29) is 6.10 Å². The first kappa shape index (κ1) is 20.1. The maximum absolute atomic E-state index is 11.6. The Labute approximate surface area is 149 Å². The number of amides is 2. The highest BCUT2D eigenvalue weighted by molar-refractivity contribution is 9.10. The number of hydrazone groups is 1. The molecule has 1 aromatic carbocycles. The van der Waals surface area contributed by atoms with Crippen molar-refractivity contribution in [2.24, 2.45) is 5.10 Å². The fraction of sp³-hybridized carbons (Fsp3) is 0.438. The molecule has 2 N–H and O–H groups in total. The Morgan fingerprint density at radius 1 is 1.33 bits per heavy atom. The number of hydrogen-bond donors (Lipinski definition) is 2. The summed E-state index contributed by atoms with van der Waals surface area (Å²) in [5, 5.41) is 6.27. The normalized spacial score (nSPS) is 10.9. The van der Waals surface area contributed by atoms with Crippen LogP contribution in [0.1, 0.15) is 25.8 Å². The Balaban J connectivity index is 2.39. The number of nitrogens with one attached hydrogen (secondary N) is 2. The fourth-order valence-electron chi connectivity index (χ4n) is 1.69. The Kier molecular flexibility index (Phi) is 9.03. The second kappa shape index (κ2) is 10.8. The van der Waals surface area contributed by atoms with Crippen molar-refractivity contribution in [1.29, 1.82) is 0 Å². The molecule has 0 unspecified atom stereocenters. The van der Waals surface area contributed by atoms with Crippen LogP contribution >= 0.6 is 15.9 Å². The third-order valence-corrected chi connectivity index (χ3v) is 3.32. The average molecular weight is 400 g/mol. The van der Waals surface area contributed by atoms with Crippen LogP contribution in [0.2, 0.25) is 0 Å². The van der Waals surface area contributed by atoms with Gasteiger partial charge in [0.1, 0.15) is 5.75 Å². The molecule has 0 aliphatic heterocycles. The molecule has 24 heavy (non-hydrogen) atoms. The number of nitrogens with zero attached hydrogens (tertiary/aromatic N) is 1. The zero-order chi connectivity index (χ0) is 17.9. The van der Waals surface area contributed by atoms with Crippen LogP contribution < -0.4 is 15.5 Å². The standard InChI is InChI=1S/C16H22BrN3O4/c1-11(2)24-8-4-7-18-15(21)16(22)20-19-10-12-9-13(17)5-6-14(12)23-3/h5-6,9-11H,4,7-8H2,1-3H3,(H,18,21)(H,20,22)/b19-10-. The van der Waals surface area contributed by atoms with Crippen molar-refractivity contribution in [2.75, 3.05) is 20.3 Å². The lowest BCUT2D eigenvalue weighted by molar-refractivity contribution is -0.139. The summed E-state index contributed by atoms with van der Waals surface area (Å²) >= 11 is 3.34. The summed E-state index contributed by atoms with van der Waals surface area (Å²) in [4.78, 5) is 23.2. The van der Waals surface area contributed by atoms with E-state index in [9.17, 15) is 9.59 Å². The molecule has 0 heterocycles. The van der Waals surface area contributed by atoms with E-state index in [1.54, 1.807) is 12.1 Å². The van der Waals surface area contributed by atoms with Gasteiger partial charge in [0.25, 0.3) is 0 Å². The molecule has 0 saturated heterocycles. The number of halogens is 1. The van der Waals surface area contributed by atoms with Crippen molar-refractivity contribution in [2.45, 2.75) is 26.4 Å². The Hall–Kier alpha value is -1.93. The minimum absolute atomic E-state index is 0.147. The fourth-order valence-corrected chi connectivity index (χ4v) is 2.07. The van der Waals surface area contributed by atoms with Gasteiger partial charge in [-0.3, -0.25) is 9.59 Å². The summed E-state index contributed by atoms with van der Waals surface area (Å²) in [6, 6.07) is 5.37. The minimum Gasteiger partial charge on any atom is -0.496 e. The Morgan fingerprint density at radius 2 is 2.08 bits per heavy atom. The lowest BCUT2D eigenvalue weighted by Crippen LogP contribution is -2.38. The van der Waals surface area contributed by atoms with Crippen LogP contribution in [0.25, 0.3) is 0 Å². The molecule has 1 rings (SSSR count). The Morgan fingerprint density at radius 3 is 2.75 bits per heavy atom. The lowest BCUT2D eigenvalue weighted by Gasteiger charge is -2.07. The first-order chi connectivity index (χ1) is 11.4. The van der Waals surface area contributed by atoms with E-state index in [1.165, 1.54) is 13.3 Å². The van der Waals surface area contributed by atoms with Crippen LogP contribution in [-0.2, 0) is 14.3 Å². The van der Waals surface area contributed by atoms with Crippen LogP contribution in [0.5, 0.6) is 5.75 Å². The van der Waals surface area contributed by atoms with Gasteiger partial charge < -0.3 is 14.8 Å². The summed E-state index contributed by atoms with van der Waals surface area (Å²) in [7, 11) is 1.54. The molecule has 7 nitrogen and oxygen atoms in total. The first-order valence-corrected chi connectivity index (χ1v) is 8.29. The van der Waals surface area contributed by atoms with Gasteiger partial charge in [-0.05, 0) is 38.5 Å². The van der Waals surface area contributed by atoms with Gasteiger partial charge in [-0.15, -0.1) is 0 Å². The number of benzene rings is 1. The zero-order valence-electron chi connectivity index (χ0n) is 14.0. The topological polar surface area (TPSA) is 89.0 Å². The minimum atomic E-state index is -0.829. The molecule has 0 saturated carbocycles. The molecule has 0 aliphatic carbocycles. The van der Waals surface area contributed by atoms with E-state index in [0.29, 0.717) is 30.9 Å². The number of ether oxygens (including phenoxy) is 2. The molecule has 132 valence electrons. The molecule has 8 heteroatoms. The van der Waals surface area contributed by atoms with E-state index < -0.39 is 11.8 Å². The van der Waals surface area contributed by atoms with Gasteiger partial charge in [0.15, 0.2) is 0 Å². The monoisotopic (exact) mass is 399 g/mol. The molecule has 2 amide bonds. The summed E-state index contributed by atoms with van der Waals surface area (Å²) in [6.07, 6.45) is 2.19. The number of carbonyl (C=O) groups is 2. The molecular weight excluding hydrogens is 378 g/mol. The van der Waals surface area contributed by atoms with Crippen LogP contribution in [-0.4, -0.2) is 44.4 Å². The average Bonchev–Trinajstić information content (AvgIpc) is 2.54. The van der Waals surface area contributed by atoms with E-state index in [2.05, 4.69) is 31.8 Å². The molecule has 0 bridgehead atoms. The smallest absolute Gasteiger partial charge is 0.329 e. The molecule has 0 aliphatic rings. The lowest BCUT2D eigenvalue weighted by atomic mass is 10.2. The summed E-state index contributed by atoms with van der Waals surface area (Å²) in [5.41, 5.74) is 2.84. The first-order valence-electron chi connectivity index (χ1n) is 7.50. The zero-order valence-corrected chi connectivity index (χ0v) is 15.6. The van der Waals surface area contributed by atoms with Crippen LogP contribution in [0.3, 0.4) is 0 Å². The highest BCUT2D eigenvalue weighted by Gasteiger charge is 2.11.